The van der Waals surface area contributed by atoms with E-state index in [0.717, 1.165) is 25.5 Å². The Morgan fingerprint density at radius 1 is 1.59 bits per heavy atom. The highest BCUT2D eigenvalue weighted by Crippen LogP contribution is 2.45. The monoisotopic (exact) mass is 310 g/mol. The van der Waals surface area contributed by atoms with Gasteiger partial charge in [0.1, 0.15) is 18.9 Å². The molecule has 0 saturated heterocycles. The van der Waals surface area contributed by atoms with E-state index in [1.54, 1.807) is 0 Å². The molecule has 8 nitrogen and oxygen atoms in total. The van der Waals surface area contributed by atoms with Crippen molar-refractivity contribution in [3.05, 3.63) is 22.5 Å². The number of nitro groups is 1. The molecule has 1 heterocycles. The quantitative estimate of drug-likeness (QED) is 0.578. The van der Waals surface area contributed by atoms with E-state index >= 15 is 0 Å². The second-order valence-electron chi connectivity index (χ2n) is 6.32. The Kier molecular flexibility index (Phi) is 4.80. The molecule has 1 saturated carbocycles. The average molecular weight is 310 g/mol. The summed E-state index contributed by atoms with van der Waals surface area (Å²) in [5.41, 5.74) is -0.376. The number of carbonyl (C=O) groups is 1. The van der Waals surface area contributed by atoms with Crippen molar-refractivity contribution < 1.29 is 14.8 Å². The summed E-state index contributed by atoms with van der Waals surface area (Å²) in [5.74, 6) is -0.0558. The van der Waals surface area contributed by atoms with E-state index in [9.17, 15) is 20.0 Å². The highest BCUT2D eigenvalue weighted by molar-refractivity contribution is 5.76. The molecular formula is C14H22N4O4. The standard InChI is InChI=1S/C14H22N4O4/c1-10(2)13(14(9-19)4-3-5-14)16-12(20)8-17-7-11(6-15-17)18(21)22/h6-7,10,13,19H,3-5,8-9H2,1-2H3,(H,16,20)/t13-/m1/s1. The average Bonchev–Trinajstić information content (AvgIpc) is 2.85. The Hall–Kier alpha value is -1.96. The number of nitrogens with one attached hydrogen (secondary N) is 1. The molecule has 0 aromatic carbocycles. The fourth-order valence-corrected chi connectivity index (χ4v) is 3.12. The molecule has 0 aliphatic heterocycles. The van der Waals surface area contributed by atoms with Crippen LogP contribution in [0, 0.1) is 21.4 Å². The second-order valence-corrected chi connectivity index (χ2v) is 6.32. The fraction of sp³-hybridized carbons (Fsp3) is 0.714. The SMILES string of the molecule is CC(C)[C@@H](NC(=O)Cn1cc([N+](=O)[O-])cn1)C1(CO)CCC1. The van der Waals surface area contributed by atoms with Crippen LogP contribution in [0.1, 0.15) is 33.1 Å². The van der Waals surface area contributed by atoms with Crippen LogP contribution in [-0.2, 0) is 11.3 Å². The Labute approximate surface area is 128 Å². The normalized spacial score (nSPS) is 17.8. The van der Waals surface area contributed by atoms with Crippen LogP contribution in [-0.4, -0.2) is 38.4 Å². The fourth-order valence-electron chi connectivity index (χ4n) is 3.12. The Morgan fingerprint density at radius 2 is 2.27 bits per heavy atom. The molecule has 0 spiro atoms. The third kappa shape index (κ3) is 3.27. The molecule has 1 aromatic heterocycles. The zero-order valence-corrected chi connectivity index (χ0v) is 12.9. The summed E-state index contributed by atoms with van der Waals surface area (Å²) >= 11 is 0. The minimum absolute atomic E-state index is 0.0589. The van der Waals surface area contributed by atoms with Crippen molar-refractivity contribution >= 4 is 11.6 Å². The zero-order valence-electron chi connectivity index (χ0n) is 12.9. The van der Waals surface area contributed by atoms with Gasteiger partial charge in [-0.05, 0) is 18.8 Å². The lowest BCUT2D eigenvalue weighted by Gasteiger charge is -2.48. The van der Waals surface area contributed by atoms with Crippen molar-refractivity contribution in [3.8, 4) is 0 Å². The van der Waals surface area contributed by atoms with E-state index < -0.39 is 4.92 Å². The third-order valence-electron chi connectivity index (χ3n) is 4.44. The number of nitrogens with zero attached hydrogens (tertiary/aromatic N) is 3. The molecular weight excluding hydrogens is 288 g/mol. The van der Waals surface area contributed by atoms with Gasteiger partial charge in [0.25, 0.3) is 0 Å². The van der Waals surface area contributed by atoms with Gasteiger partial charge >= 0.3 is 5.69 Å². The number of carbonyl (C=O) groups excluding carboxylic acids is 1. The van der Waals surface area contributed by atoms with Crippen LogP contribution < -0.4 is 5.32 Å². The lowest BCUT2D eigenvalue weighted by Crippen LogP contribution is -2.56. The number of aliphatic hydroxyl groups is 1. The first-order chi connectivity index (χ1) is 10.4. The first-order valence-electron chi connectivity index (χ1n) is 7.45. The molecule has 1 aromatic rings. The molecule has 1 atom stereocenters. The van der Waals surface area contributed by atoms with Crippen LogP contribution >= 0.6 is 0 Å². The predicted octanol–water partition coefficient (Wildman–Crippen LogP) is 1.09. The van der Waals surface area contributed by atoms with Gasteiger partial charge in [-0.15, -0.1) is 0 Å². The minimum Gasteiger partial charge on any atom is -0.396 e. The maximum atomic E-state index is 12.2. The van der Waals surface area contributed by atoms with Gasteiger partial charge in [-0.3, -0.25) is 19.6 Å². The van der Waals surface area contributed by atoms with E-state index in [4.69, 9.17) is 0 Å². The van der Waals surface area contributed by atoms with Crippen LogP contribution in [0.15, 0.2) is 12.4 Å². The van der Waals surface area contributed by atoms with Crippen LogP contribution in [0.25, 0.3) is 0 Å². The number of hydrogen-bond donors (Lipinski definition) is 2. The topological polar surface area (TPSA) is 110 Å². The molecule has 0 radical (unpaired) electrons. The molecule has 1 aliphatic rings. The predicted molar refractivity (Wildman–Crippen MR) is 79.0 cm³/mol. The van der Waals surface area contributed by atoms with Gasteiger partial charge in [0.05, 0.1) is 11.5 Å². The lowest BCUT2D eigenvalue weighted by atomic mass is 9.62. The summed E-state index contributed by atoms with van der Waals surface area (Å²) in [6.45, 7) is 4.01. The van der Waals surface area contributed by atoms with Gasteiger partial charge in [-0.2, -0.15) is 5.10 Å². The van der Waals surface area contributed by atoms with E-state index in [1.807, 2.05) is 13.8 Å². The van der Waals surface area contributed by atoms with Gasteiger partial charge in [0, 0.05) is 11.5 Å². The molecule has 2 rings (SSSR count). The summed E-state index contributed by atoms with van der Waals surface area (Å²) in [6, 6.07) is -0.107. The highest BCUT2D eigenvalue weighted by atomic mass is 16.6. The van der Waals surface area contributed by atoms with Crippen molar-refractivity contribution in [1.29, 1.82) is 0 Å². The van der Waals surface area contributed by atoms with Crippen molar-refractivity contribution in [1.82, 2.24) is 15.1 Å². The van der Waals surface area contributed by atoms with Crippen LogP contribution in [0.4, 0.5) is 5.69 Å². The molecule has 1 fully saturated rings. The Morgan fingerprint density at radius 3 is 2.68 bits per heavy atom. The van der Waals surface area contributed by atoms with E-state index in [0.29, 0.717) is 0 Å². The van der Waals surface area contributed by atoms with Crippen LogP contribution in [0.5, 0.6) is 0 Å². The largest absolute Gasteiger partial charge is 0.396 e. The number of aliphatic hydroxyl groups excluding tert-OH is 1. The van der Waals surface area contributed by atoms with Crippen LogP contribution in [0.3, 0.4) is 0 Å². The number of aromatic nitrogens is 2. The first-order valence-corrected chi connectivity index (χ1v) is 7.45. The zero-order chi connectivity index (χ0) is 16.3. The third-order valence-corrected chi connectivity index (χ3v) is 4.44. The lowest BCUT2D eigenvalue weighted by molar-refractivity contribution is -0.385. The molecule has 122 valence electrons. The van der Waals surface area contributed by atoms with Gasteiger partial charge in [-0.1, -0.05) is 20.3 Å². The van der Waals surface area contributed by atoms with Gasteiger partial charge in [0.15, 0.2) is 0 Å². The summed E-state index contributed by atoms with van der Waals surface area (Å²) in [7, 11) is 0. The van der Waals surface area contributed by atoms with Gasteiger partial charge in [-0.25, -0.2) is 0 Å². The summed E-state index contributed by atoms with van der Waals surface area (Å²) in [4.78, 5) is 22.2. The molecule has 1 amide bonds. The van der Waals surface area contributed by atoms with Crippen LogP contribution in [0.2, 0.25) is 0 Å². The molecule has 0 unspecified atom stereocenters. The van der Waals surface area contributed by atoms with E-state index in [1.165, 1.54) is 10.9 Å². The second kappa shape index (κ2) is 6.43. The summed E-state index contributed by atoms with van der Waals surface area (Å²) in [6.07, 6.45) is 5.22. The first kappa shape index (κ1) is 16.4. The maximum Gasteiger partial charge on any atom is 0.307 e. The van der Waals surface area contributed by atoms with E-state index in [-0.39, 0.29) is 42.1 Å². The number of rotatable bonds is 7. The summed E-state index contributed by atoms with van der Waals surface area (Å²) in [5, 5.41) is 27.1. The van der Waals surface area contributed by atoms with Crippen molar-refractivity contribution in [2.24, 2.45) is 11.3 Å². The maximum absolute atomic E-state index is 12.2. The molecule has 1 aliphatic carbocycles. The van der Waals surface area contributed by atoms with Crippen molar-refractivity contribution in [2.45, 2.75) is 45.7 Å². The van der Waals surface area contributed by atoms with Gasteiger partial charge in [0.2, 0.25) is 5.91 Å². The van der Waals surface area contributed by atoms with E-state index in [2.05, 4.69) is 10.4 Å². The summed E-state index contributed by atoms with van der Waals surface area (Å²) < 4.78 is 1.25. The smallest absolute Gasteiger partial charge is 0.307 e. The Balaban J connectivity index is 2.00. The minimum atomic E-state index is -0.548. The molecule has 2 N–H and O–H groups in total. The number of hydrogen-bond acceptors (Lipinski definition) is 5. The molecule has 22 heavy (non-hydrogen) atoms. The Bertz CT molecular complexity index is 545. The van der Waals surface area contributed by atoms with Gasteiger partial charge < -0.3 is 10.4 Å². The molecule has 0 bridgehead atoms. The van der Waals surface area contributed by atoms with Crippen molar-refractivity contribution in [2.75, 3.05) is 6.61 Å². The highest BCUT2D eigenvalue weighted by Gasteiger charge is 2.45. The molecule has 8 heteroatoms. The number of amides is 1. The van der Waals surface area contributed by atoms with Crippen molar-refractivity contribution in [3.63, 3.8) is 0 Å².